The van der Waals surface area contributed by atoms with Crippen LogP contribution < -0.4 is 10.2 Å². The van der Waals surface area contributed by atoms with Crippen molar-refractivity contribution in [1.29, 1.82) is 0 Å². The van der Waals surface area contributed by atoms with Gasteiger partial charge in [-0.05, 0) is 36.5 Å². The van der Waals surface area contributed by atoms with Gasteiger partial charge in [0.05, 0.1) is 6.04 Å². The third-order valence-electron chi connectivity index (χ3n) is 4.83. The van der Waals surface area contributed by atoms with Crippen LogP contribution in [0.5, 0.6) is 0 Å². The molecular weight excluding hydrogens is 360 g/mol. The minimum absolute atomic E-state index is 0.228. The third kappa shape index (κ3) is 4.55. The highest BCUT2D eigenvalue weighted by Crippen LogP contribution is 2.27. The molecule has 2 aromatic carbocycles. The predicted octanol–water partition coefficient (Wildman–Crippen LogP) is 1.70. The first-order valence-corrected chi connectivity index (χ1v) is 9.09. The van der Waals surface area contributed by atoms with Gasteiger partial charge in [-0.2, -0.15) is 0 Å². The molecule has 0 radical (unpaired) electrons. The first-order valence-electron chi connectivity index (χ1n) is 9.09. The van der Waals surface area contributed by atoms with Gasteiger partial charge in [0.15, 0.2) is 0 Å². The summed E-state index contributed by atoms with van der Waals surface area (Å²) in [5, 5.41) is 21.8. The van der Waals surface area contributed by atoms with Crippen molar-refractivity contribution in [2.75, 3.05) is 11.4 Å². The van der Waals surface area contributed by atoms with E-state index in [1.54, 1.807) is 12.1 Å². The number of fused-ring (bicyclic) bond motifs is 1. The maximum absolute atomic E-state index is 13.1. The van der Waals surface area contributed by atoms with E-state index in [1.807, 2.05) is 42.5 Å². The molecule has 0 saturated heterocycles. The third-order valence-corrected chi connectivity index (χ3v) is 4.83. The monoisotopic (exact) mass is 382 g/mol. The number of hydrogen-bond acceptors (Lipinski definition) is 4. The molecule has 0 saturated carbocycles. The standard InChI is InChI=1S/C21H22N2O5/c24-19(25)13-23-18-9-5-4-8-15(18)10-11-16(20(23)26)22-17(21(27)28)12-14-6-2-1-3-7-14/h1-9,16-17,22H,10-13H2,(H,24,25)(H,27,28)/t16-,17-/m0/s1. The fourth-order valence-electron chi connectivity index (χ4n) is 3.48. The minimum Gasteiger partial charge on any atom is -0.480 e. The number of carboxylic acid groups (broad SMARTS) is 2. The number of carboxylic acids is 2. The summed E-state index contributed by atoms with van der Waals surface area (Å²) in [6.07, 6.45) is 1.17. The Kier molecular flexibility index (Phi) is 6.06. The van der Waals surface area contributed by atoms with Crippen LogP contribution in [0.3, 0.4) is 0 Å². The highest BCUT2D eigenvalue weighted by Gasteiger charge is 2.34. The van der Waals surface area contributed by atoms with E-state index >= 15 is 0 Å². The number of amides is 1. The van der Waals surface area contributed by atoms with Crippen LogP contribution >= 0.6 is 0 Å². The Bertz CT molecular complexity index is 868. The Hall–Kier alpha value is -3.19. The lowest BCUT2D eigenvalue weighted by Gasteiger charge is -2.26. The second kappa shape index (κ2) is 8.67. The molecule has 3 N–H and O–H groups in total. The van der Waals surface area contributed by atoms with Crippen LogP contribution in [-0.2, 0) is 27.2 Å². The van der Waals surface area contributed by atoms with Gasteiger partial charge in [-0.15, -0.1) is 0 Å². The van der Waals surface area contributed by atoms with E-state index < -0.39 is 36.5 Å². The lowest BCUT2D eigenvalue weighted by molar-refractivity contribution is -0.140. The molecule has 0 unspecified atom stereocenters. The molecule has 2 aromatic rings. The van der Waals surface area contributed by atoms with Crippen molar-refractivity contribution in [2.24, 2.45) is 0 Å². The number of nitrogens with zero attached hydrogens (tertiary/aromatic N) is 1. The average molecular weight is 382 g/mol. The molecule has 7 heteroatoms. The van der Waals surface area contributed by atoms with Gasteiger partial charge in [-0.1, -0.05) is 48.5 Å². The molecule has 2 atom stereocenters. The largest absolute Gasteiger partial charge is 0.480 e. The number of carbonyl (C=O) groups is 3. The van der Waals surface area contributed by atoms with E-state index in [1.165, 1.54) is 4.90 Å². The molecule has 1 aliphatic rings. The SMILES string of the molecule is O=C(O)CN1C(=O)[C@@H](N[C@@H](Cc2ccccc2)C(=O)O)CCc2ccccc21. The van der Waals surface area contributed by atoms with Crippen LogP contribution in [0.4, 0.5) is 5.69 Å². The van der Waals surface area contributed by atoms with Gasteiger partial charge in [-0.25, -0.2) is 0 Å². The summed E-state index contributed by atoms with van der Waals surface area (Å²) in [6.45, 7) is -0.468. The van der Waals surface area contributed by atoms with Gasteiger partial charge >= 0.3 is 11.9 Å². The Labute approximate surface area is 162 Å². The molecule has 146 valence electrons. The number of anilines is 1. The highest BCUT2D eigenvalue weighted by molar-refractivity contribution is 6.02. The summed E-state index contributed by atoms with van der Waals surface area (Å²) >= 11 is 0. The van der Waals surface area contributed by atoms with Gasteiger partial charge in [-0.3, -0.25) is 24.6 Å². The van der Waals surface area contributed by atoms with E-state index in [4.69, 9.17) is 0 Å². The number of benzene rings is 2. The Balaban J connectivity index is 1.83. The minimum atomic E-state index is -1.12. The van der Waals surface area contributed by atoms with Crippen LogP contribution in [0, 0.1) is 0 Å². The zero-order valence-corrected chi connectivity index (χ0v) is 15.2. The molecule has 1 aliphatic heterocycles. The number of aryl methyl sites for hydroxylation is 1. The fourth-order valence-corrected chi connectivity index (χ4v) is 3.48. The molecule has 28 heavy (non-hydrogen) atoms. The summed E-state index contributed by atoms with van der Waals surface area (Å²) < 4.78 is 0. The zero-order chi connectivity index (χ0) is 20.1. The van der Waals surface area contributed by atoms with E-state index in [-0.39, 0.29) is 6.42 Å². The molecule has 7 nitrogen and oxygen atoms in total. The van der Waals surface area contributed by atoms with Crippen molar-refractivity contribution in [3.8, 4) is 0 Å². The summed E-state index contributed by atoms with van der Waals surface area (Å²) in [4.78, 5) is 37.4. The van der Waals surface area contributed by atoms with Crippen LogP contribution in [0.25, 0.3) is 0 Å². The van der Waals surface area contributed by atoms with Crippen LogP contribution in [0.1, 0.15) is 17.5 Å². The smallest absolute Gasteiger partial charge is 0.323 e. The first kappa shape index (κ1) is 19.6. The topological polar surface area (TPSA) is 107 Å². The van der Waals surface area contributed by atoms with Crippen molar-refractivity contribution < 1.29 is 24.6 Å². The molecule has 0 aromatic heterocycles. The number of hydrogen-bond donors (Lipinski definition) is 3. The van der Waals surface area contributed by atoms with Crippen LogP contribution in [0.2, 0.25) is 0 Å². The van der Waals surface area contributed by atoms with E-state index in [9.17, 15) is 24.6 Å². The molecule has 0 spiro atoms. The van der Waals surface area contributed by atoms with E-state index in [2.05, 4.69) is 5.32 Å². The fraction of sp³-hybridized carbons (Fsp3) is 0.286. The molecule has 0 aliphatic carbocycles. The highest BCUT2D eigenvalue weighted by atomic mass is 16.4. The number of rotatable bonds is 7. The molecule has 1 amide bonds. The summed E-state index contributed by atoms with van der Waals surface area (Å²) in [7, 11) is 0. The van der Waals surface area contributed by atoms with E-state index in [0.29, 0.717) is 18.5 Å². The molecule has 0 fully saturated rings. The second-order valence-electron chi connectivity index (χ2n) is 6.79. The second-order valence-corrected chi connectivity index (χ2v) is 6.79. The average Bonchev–Trinajstić information content (AvgIpc) is 2.80. The summed E-state index contributed by atoms with van der Waals surface area (Å²) in [6, 6.07) is 14.6. The Morgan fingerprint density at radius 2 is 1.75 bits per heavy atom. The normalized spacial score (nSPS) is 17.5. The predicted molar refractivity (Wildman–Crippen MR) is 103 cm³/mol. The number of aliphatic carboxylic acids is 2. The van der Waals surface area contributed by atoms with Gasteiger partial charge < -0.3 is 10.2 Å². The van der Waals surface area contributed by atoms with Crippen molar-refractivity contribution in [1.82, 2.24) is 5.32 Å². The van der Waals surface area contributed by atoms with Gasteiger partial charge in [0.1, 0.15) is 12.6 Å². The van der Waals surface area contributed by atoms with E-state index in [0.717, 1.165) is 11.1 Å². The zero-order valence-electron chi connectivity index (χ0n) is 15.2. The number of para-hydroxylation sites is 1. The number of carbonyl (C=O) groups excluding carboxylic acids is 1. The summed E-state index contributed by atoms with van der Waals surface area (Å²) in [5.74, 6) is -2.60. The maximum atomic E-state index is 13.1. The van der Waals surface area contributed by atoms with Crippen molar-refractivity contribution in [2.45, 2.75) is 31.3 Å². The van der Waals surface area contributed by atoms with Crippen molar-refractivity contribution in [3.05, 3.63) is 65.7 Å². The Morgan fingerprint density at radius 1 is 1.07 bits per heavy atom. The molecule has 0 bridgehead atoms. The van der Waals surface area contributed by atoms with Gasteiger partial charge in [0, 0.05) is 5.69 Å². The summed E-state index contributed by atoms with van der Waals surface area (Å²) in [5.41, 5.74) is 2.28. The van der Waals surface area contributed by atoms with Crippen molar-refractivity contribution in [3.63, 3.8) is 0 Å². The lowest BCUT2D eigenvalue weighted by atomic mass is 10.0. The maximum Gasteiger partial charge on any atom is 0.323 e. The Morgan fingerprint density at radius 3 is 2.43 bits per heavy atom. The lowest BCUT2D eigenvalue weighted by Crippen LogP contribution is -2.53. The molecule has 1 heterocycles. The van der Waals surface area contributed by atoms with Gasteiger partial charge in [0.25, 0.3) is 0 Å². The quantitative estimate of drug-likeness (QED) is 0.673. The molecule has 3 rings (SSSR count). The van der Waals surface area contributed by atoms with Crippen molar-refractivity contribution >= 4 is 23.5 Å². The van der Waals surface area contributed by atoms with Crippen LogP contribution in [-0.4, -0.2) is 46.7 Å². The first-order chi connectivity index (χ1) is 13.5. The molecular formula is C21H22N2O5. The van der Waals surface area contributed by atoms with Gasteiger partial charge in [0.2, 0.25) is 5.91 Å². The van der Waals surface area contributed by atoms with Crippen LogP contribution in [0.15, 0.2) is 54.6 Å². The number of nitrogens with one attached hydrogen (secondary N) is 1.